The fourth-order valence-electron chi connectivity index (χ4n) is 2.33. The molecule has 0 aliphatic heterocycles. The number of halogens is 2. The Morgan fingerprint density at radius 2 is 1.83 bits per heavy atom. The van der Waals surface area contributed by atoms with E-state index in [1.54, 1.807) is 18.3 Å². The fraction of sp³-hybridized carbons (Fsp3) is 0.0526. The summed E-state index contributed by atoms with van der Waals surface area (Å²) in [7, 11) is 0. The molecule has 0 aliphatic rings. The zero-order valence-electron chi connectivity index (χ0n) is 12.6. The molecule has 0 N–H and O–H groups in total. The second kappa shape index (κ2) is 7.44. The van der Waals surface area contributed by atoms with Gasteiger partial charge in [-0.1, -0.05) is 41.5 Å². The van der Waals surface area contributed by atoms with E-state index >= 15 is 0 Å². The molecule has 1 radical (unpaired) electrons. The molecule has 2 aromatic carbocycles. The maximum atomic E-state index is 14.8. The number of nitrogens with zero attached hydrogens (tertiary/aromatic N) is 2. The van der Waals surface area contributed by atoms with Crippen molar-refractivity contribution in [1.82, 2.24) is 4.98 Å². The van der Waals surface area contributed by atoms with E-state index in [0.717, 1.165) is 11.6 Å². The maximum Gasteiger partial charge on any atom is 0.187 e. The molecule has 3 rings (SSSR count). The standard InChI is InChI=1S/C19H11F2N2.Ir/c1-12-9-10-23-17(11-12)15-7-8-16(20)18(19(15)21)13-3-5-14(22-2)6-4-13;/h3-6,8-11H,1H3;/q-1;. The van der Waals surface area contributed by atoms with Crippen LogP contribution in [0.25, 0.3) is 27.2 Å². The van der Waals surface area contributed by atoms with Crippen molar-refractivity contribution < 1.29 is 28.9 Å². The van der Waals surface area contributed by atoms with Gasteiger partial charge in [0.05, 0.1) is 6.57 Å². The molecule has 2 nitrogen and oxygen atoms in total. The van der Waals surface area contributed by atoms with Crippen molar-refractivity contribution in [2.75, 3.05) is 0 Å². The Kier molecular flexibility index (Phi) is 5.56. The van der Waals surface area contributed by atoms with Crippen molar-refractivity contribution in [3.63, 3.8) is 0 Å². The van der Waals surface area contributed by atoms with Crippen LogP contribution in [-0.4, -0.2) is 4.98 Å². The van der Waals surface area contributed by atoms with Crippen molar-refractivity contribution in [1.29, 1.82) is 0 Å². The van der Waals surface area contributed by atoms with Crippen molar-refractivity contribution in [2.45, 2.75) is 6.92 Å². The zero-order chi connectivity index (χ0) is 16.4. The summed E-state index contributed by atoms with van der Waals surface area (Å²) in [6.07, 6.45) is 1.57. The summed E-state index contributed by atoms with van der Waals surface area (Å²) in [6, 6.07) is 13.4. The van der Waals surface area contributed by atoms with Crippen LogP contribution >= 0.6 is 0 Å². The molecule has 0 spiro atoms. The summed E-state index contributed by atoms with van der Waals surface area (Å²) in [4.78, 5) is 7.40. The molecule has 0 atom stereocenters. The zero-order valence-corrected chi connectivity index (χ0v) is 15.0. The fourth-order valence-corrected chi connectivity index (χ4v) is 2.33. The topological polar surface area (TPSA) is 17.2 Å². The number of hydrogen-bond donors (Lipinski definition) is 0. The van der Waals surface area contributed by atoms with Crippen LogP contribution in [0.15, 0.2) is 48.7 Å². The summed E-state index contributed by atoms with van der Waals surface area (Å²) in [5.41, 5.74) is 2.10. The van der Waals surface area contributed by atoms with Crippen molar-refractivity contribution >= 4 is 5.69 Å². The minimum absolute atomic E-state index is 0. The van der Waals surface area contributed by atoms with Gasteiger partial charge in [-0.25, -0.2) is 4.85 Å². The van der Waals surface area contributed by atoms with E-state index in [2.05, 4.69) is 15.9 Å². The van der Waals surface area contributed by atoms with Crippen LogP contribution in [0, 0.1) is 31.2 Å². The second-order valence-electron chi connectivity index (χ2n) is 5.08. The first-order valence-electron chi connectivity index (χ1n) is 6.91. The summed E-state index contributed by atoms with van der Waals surface area (Å²) in [6.45, 7) is 8.81. The van der Waals surface area contributed by atoms with Crippen LogP contribution in [0.3, 0.4) is 0 Å². The molecular formula is C19H11F2IrN2-. The molecule has 1 aromatic heterocycles. The van der Waals surface area contributed by atoms with Gasteiger partial charge in [0, 0.05) is 37.9 Å². The maximum absolute atomic E-state index is 14.8. The first-order valence-corrected chi connectivity index (χ1v) is 6.91. The van der Waals surface area contributed by atoms with Crippen molar-refractivity contribution in [3.8, 4) is 22.4 Å². The molecule has 1 heterocycles. The van der Waals surface area contributed by atoms with E-state index in [1.165, 1.54) is 24.3 Å². The molecule has 0 aliphatic carbocycles. The van der Waals surface area contributed by atoms with Gasteiger partial charge in [0.1, 0.15) is 0 Å². The third-order valence-electron chi connectivity index (χ3n) is 3.48. The Bertz CT molecular complexity index is 916. The third kappa shape index (κ3) is 3.40. The van der Waals surface area contributed by atoms with E-state index in [9.17, 15) is 8.78 Å². The predicted octanol–water partition coefficient (Wildman–Crippen LogP) is 5.35. The molecule has 121 valence electrons. The molecule has 24 heavy (non-hydrogen) atoms. The molecule has 0 saturated carbocycles. The first-order chi connectivity index (χ1) is 11.1. The Balaban J connectivity index is 0.00000208. The average Bonchev–Trinajstić information content (AvgIpc) is 2.55. The van der Waals surface area contributed by atoms with Crippen LogP contribution in [0.2, 0.25) is 0 Å². The summed E-state index contributed by atoms with van der Waals surface area (Å²) < 4.78 is 29.0. The van der Waals surface area contributed by atoms with Gasteiger partial charge in [0.25, 0.3) is 0 Å². The number of benzene rings is 2. The minimum atomic E-state index is -0.710. The van der Waals surface area contributed by atoms with Gasteiger partial charge in [-0.15, -0.1) is 12.1 Å². The average molecular weight is 498 g/mol. The van der Waals surface area contributed by atoms with Crippen LogP contribution in [0.4, 0.5) is 14.5 Å². The monoisotopic (exact) mass is 498 g/mol. The van der Waals surface area contributed by atoms with Crippen LogP contribution in [0.5, 0.6) is 0 Å². The van der Waals surface area contributed by atoms with Crippen LogP contribution in [-0.2, 0) is 20.1 Å². The normalized spacial score (nSPS) is 9.92. The smallest absolute Gasteiger partial charge is 0.187 e. The molecule has 5 heteroatoms. The summed E-state index contributed by atoms with van der Waals surface area (Å²) in [5, 5.41) is 0. The molecular weight excluding hydrogens is 486 g/mol. The molecule has 0 fully saturated rings. The van der Waals surface area contributed by atoms with E-state index < -0.39 is 11.6 Å². The van der Waals surface area contributed by atoms with Crippen LogP contribution < -0.4 is 0 Å². The largest absolute Gasteiger partial charge is 0.305 e. The number of aryl methyl sites for hydroxylation is 1. The van der Waals surface area contributed by atoms with Gasteiger partial charge in [-0.2, -0.15) is 0 Å². The second-order valence-corrected chi connectivity index (χ2v) is 5.08. The predicted molar refractivity (Wildman–Crippen MR) is 84.9 cm³/mol. The Hall–Kier alpha value is -2.41. The molecule has 0 bridgehead atoms. The molecule has 3 aromatic rings. The SMILES string of the molecule is [C-]#[N+]c1ccc(-c2c(F)c[c-]c(-c3cc(C)ccn3)c2F)cc1.[Ir]. The number of rotatable bonds is 2. The summed E-state index contributed by atoms with van der Waals surface area (Å²) >= 11 is 0. The minimum Gasteiger partial charge on any atom is -0.305 e. The van der Waals surface area contributed by atoms with Gasteiger partial charge in [0.2, 0.25) is 0 Å². The molecule has 0 amide bonds. The van der Waals surface area contributed by atoms with Gasteiger partial charge in [-0.05, 0) is 29.8 Å². The summed E-state index contributed by atoms with van der Waals surface area (Å²) in [5.74, 6) is -1.41. The van der Waals surface area contributed by atoms with Gasteiger partial charge in [0.15, 0.2) is 5.69 Å². The Labute approximate surface area is 152 Å². The Morgan fingerprint density at radius 3 is 2.46 bits per heavy atom. The number of pyridine rings is 1. The van der Waals surface area contributed by atoms with E-state index in [-0.39, 0.29) is 31.2 Å². The first kappa shape index (κ1) is 17.9. The van der Waals surface area contributed by atoms with Gasteiger partial charge in [-0.3, -0.25) is 8.78 Å². The van der Waals surface area contributed by atoms with Gasteiger partial charge < -0.3 is 4.98 Å². The number of aromatic nitrogens is 1. The quantitative estimate of drug-likeness (QED) is 0.437. The Morgan fingerprint density at radius 1 is 1.12 bits per heavy atom. The van der Waals surface area contributed by atoms with E-state index in [4.69, 9.17) is 6.57 Å². The molecule has 0 saturated heterocycles. The molecule has 0 unspecified atom stereocenters. The third-order valence-corrected chi connectivity index (χ3v) is 3.48. The van der Waals surface area contributed by atoms with E-state index in [0.29, 0.717) is 16.9 Å². The van der Waals surface area contributed by atoms with Crippen molar-refractivity contribution in [3.05, 3.63) is 83.3 Å². The van der Waals surface area contributed by atoms with E-state index in [1.807, 2.05) is 6.92 Å². The number of hydrogen-bond acceptors (Lipinski definition) is 1. The van der Waals surface area contributed by atoms with Gasteiger partial charge >= 0.3 is 0 Å². The van der Waals surface area contributed by atoms with Crippen molar-refractivity contribution in [2.24, 2.45) is 0 Å². The van der Waals surface area contributed by atoms with Crippen LogP contribution in [0.1, 0.15) is 5.56 Å².